The summed E-state index contributed by atoms with van der Waals surface area (Å²) in [6, 6.07) is 5.59. The summed E-state index contributed by atoms with van der Waals surface area (Å²) in [6.45, 7) is 0.156. The number of carboxylic acids is 1. The number of hydrogen-bond donors (Lipinski definition) is 2. The summed E-state index contributed by atoms with van der Waals surface area (Å²) in [7, 11) is 1.52. The summed E-state index contributed by atoms with van der Waals surface area (Å²) in [4.78, 5) is 35.2. The van der Waals surface area contributed by atoms with E-state index >= 15 is 0 Å². The summed E-state index contributed by atoms with van der Waals surface area (Å²) in [5.41, 5.74) is 0.122. The van der Waals surface area contributed by atoms with E-state index in [1.807, 2.05) is 0 Å². The van der Waals surface area contributed by atoms with Crippen LogP contribution in [0.5, 0.6) is 0 Å². The molecule has 1 fully saturated rings. The van der Waals surface area contributed by atoms with Gasteiger partial charge in [0.25, 0.3) is 5.69 Å². The standard InChI is InChI=1S/C15H19N3O6/c1-24-11-6-10(7-15(20)21)17(9-11)14(19)8-16-12-4-2-3-5-13(12)18(22)23/h2-5,10-11,16H,6-9H2,1H3,(H,20,21). The number of aliphatic carboxylic acids is 1. The van der Waals surface area contributed by atoms with E-state index in [4.69, 9.17) is 9.84 Å². The molecule has 2 atom stereocenters. The van der Waals surface area contributed by atoms with E-state index in [0.29, 0.717) is 13.0 Å². The largest absolute Gasteiger partial charge is 0.481 e. The molecular formula is C15H19N3O6. The molecule has 24 heavy (non-hydrogen) atoms. The third-order valence-electron chi connectivity index (χ3n) is 3.97. The van der Waals surface area contributed by atoms with Crippen LogP contribution in [0, 0.1) is 10.1 Å². The van der Waals surface area contributed by atoms with Crippen LogP contribution < -0.4 is 5.32 Å². The van der Waals surface area contributed by atoms with Gasteiger partial charge in [-0.2, -0.15) is 0 Å². The van der Waals surface area contributed by atoms with Crippen LogP contribution >= 0.6 is 0 Å². The molecule has 0 spiro atoms. The van der Waals surface area contributed by atoms with Crippen molar-refractivity contribution < 1.29 is 24.4 Å². The van der Waals surface area contributed by atoms with E-state index in [2.05, 4.69) is 5.32 Å². The first-order valence-corrected chi connectivity index (χ1v) is 7.43. The van der Waals surface area contributed by atoms with Crippen molar-refractivity contribution in [3.63, 3.8) is 0 Å². The molecular weight excluding hydrogens is 318 g/mol. The highest BCUT2D eigenvalue weighted by molar-refractivity contribution is 5.83. The predicted molar refractivity (Wildman–Crippen MR) is 84.8 cm³/mol. The summed E-state index contributed by atoms with van der Waals surface area (Å²) in [5, 5.41) is 22.7. The molecule has 1 aromatic rings. The van der Waals surface area contributed by atoms with Gasteiger partial charge in [-0.1, -0.05) is 12.1 Å². The molecule has 9 heteroatoms. The number of nitro groups is 1. The lowest BCUT2D eigenvalue weighted by atomic mass is 10.1. The molecule has 0 radical (unpaired) electrons. The number of amides is 1. The smallest absolute Gasteiger partial charge is 0.305 e. The fourth-order valence-electron chi connectivity index (χ4n) is 2.80. The number of nitrogens with one attached hydrogen (secondary N) is 1. The fourth-order valence-corrected chi connectivity index (χ4v) is 2.80. The number of ether oxygens (including phenoxy) is 1. The van der Waals surface area contributed by atoms with Gasteiger partial charge in [0.2, 0.25) is 5.91 Å². The third-order valence-corrected chi connectivity index (χ3v) is 3.97. The minimum absolute atomic E-state index is 0.122. The Bertz CT molecular complexity index is 635. The predicted octanol–water partition coefficient (Wildman–Crippen LogP) is 1.10. The van der Waals surface area contributed by atoms with Crippen molar-refractivity contribution >= 4 is 23.3 Å². The minimum atomic E-state index is -0.985. The molecule has 1 heterocycles. The van der Waals surface area contributed by atoms with Gasteiger partial charge in [-0.3, -0.25) is 19.7 Å². The van der Waals surface area contributed by atoms with Crippen LogP contribution in [-0.4, -0.2) is 59.2 Å². The Morgan fingerprint density at radius 1 is 1.46 bits per heavy atom. The highest BCUT2D eigenvalue weighted by Gasteiger charge is 2.36. The van der Waals surface area contributed by atoms with Gasteiger partial charge in [-0.05, 0) is 12.5 Å². The molecule has 9 nitrogen and oxygen atoms in total. The Morgan fingerprint density at radius 3 is 2.79 bits per heavy atom. The van der Waals surface area contributed by atoms with Crippen LogP contribution in [-0.2, 0) is 14.3 Å². The maximum Gasteiger partial charge on any atom is 0.305 e. The van der Waals surface area contributed by atoms with Crippen LogP contribution in [0.1, 0.15) is 12.8 Å². The van der Waals surface area contributed by atoms with Crippen molar-refractivity contribution in [2.75, 3.05) is 25.5 Å². The zero-order chi connectivity index (χ0) is 17.7. The number of anilines is 1. The molecule has 1 aromatic carbocycles. The van der Waals surface area contributed by atoms with E-state index in [9.17, 15) is 19.7 Å². The topological polar surface area (TPSA) is 122 Å². The van der Waals surface area contributed by atoms with E-state index in [1.54, 1.807) is 6.07 Å². The number of nitrogens with zero attached hydrogens (tertiary/aromatic N) is 2. The van der Waals surface area contributed by atoms with Crippen LogP contribution in [0.4, 0.5) is 11.4 Å². The highest BCUT2D eigenvalue weighted by Crippen LogP contribution is 2.25. The normalized spacial score (nSPS) is 20.0. The minimum Gasteiger partial charge on any atom is -0.481 e. The summed E-state index contributed by atoms with van der Waals surface area (Å²) in [5.74, 6) is -1.31. The van der Waals surface area contributed by atoms with Gasteiger partial charge in [0.05, 0.1) is 24.0 Å². The second-order valence-corrected chi connectivity index (χ2v) is 5.52. The van der Waals surface area contributed by atoms with Gasteiger partial charge < -0.3 is 20.1 Å². The van der Waals surface area contributed by atoms with Gasteiger partial charge in [-0.15, -0.1) is 0 Å². The van der Waals surface area contributed by atoms with Crippen molar-refractivity contribution in [2.45, 2.75) is 25.0 Å². The summed E-state index contributed by atoms with van der Waals surface area (Å²) >= 11 is 0. The molecule has 0 bridgehead atoms. The number of nitro benzene ring substituents is 1. The van der Waals surface area contributed by atoms with Crippen LogP contribution in [0.15, 0.2) is 24.3 Å². The van der Waals surface area contributed by atoms with Crippen LogP contribution in [0.2, 0.25) is 0 Å². The second-order valence-electron chi connectivity index (χ2n) is 5.52. The zero-order valence-electron chi connectivity index (χ0n) is 13.2. The molecule has 130 valence electrons. The Morgan fingerprint density at radius 2 is 2.17 bits per heavy atom. The maximum atomic E-state index is 12.4. The van der Waals surface area contributed by atoms with Crippen molar-refractivity contribution in [3.05, 3.63) is 34.4 Å². The first-order valence-electron chi connectivity index (χ1n) is 7.43. The molecule has 2 rings (SSSR count). The third kappa shape index (κ3) is 4.19. The van der Waals surface area contributed by atoms with Crippen molar-refractivity contribution in [3.8, 4) is 0 Å². The first kappa shape index (κ1) is 17.7. The van der Waals surface area contributed by atoms with Gasteiger partial charge in [0.1, 0.15) is 5.69 Å². The molecule has 1 saturated heterocycles. The first-order chi connectivity index (χ1) is 11.4. The van der Waals surface area contributed by atoms with E-state index in [0.717, 1.165) is 0 Å². The molecule has 1 aliphatic rings. The Labute approximate surface area is 138 Å². The van der Waals surface area contributed by atoms with E-state index in [1.165, 1.54) is 30.2 Å². The number of hydrogen-bond acceptors (Lipinski definition) is 6. The number of carbonyl (C=O) groups is 2. The zero-order valence-corrected chi connectivity index (χ0v) is 13.2. The van der Waals surface area contributed by atoms with Crippen molar-refractivity contribution in [1.82, 2.24) is 4.90 Å². The lowest BCUT2D eigenvalue weighted by Crippen LogP contribution is -2.40. The Hall–Kier alpha value is -2.68. The average Bonchev–Trinajstić information content (AvgIpc) is 2.95. The molecule has 2 unspecified atom stereocenters. The number of carbonyl (C=O) groups excluding carboxylic acids is 1. The lowest BCUT2D eigenvalue weighted by molar-refractivity contribution is -0.383. The number of carboxylic acid groups (broad SMARTS) is 1. The fraction of sp³-hybridized carbons (Fsp3) is 0.467. The molecule has 0 aliphatic carbocycles. The quantitative estimate of drug-likeness (QED) is 0.564. The van der Waals surface area contributed by atoms with E-state index in [-0.39, 0.29) is 36.4 Å². The highest BCUT2D eigenvalue weighted by atomic mass is 16.6. The summed E-state index contributed by atoms with van der Waals surface area (Å²) < 4.78 is 5.22. The monoisotopic (exact) mass is 337 g/mol. The van der Waals surface area contributed by atoms with Gasteiger partial charge >= 0.3 is 5.97 Å². The molecule has 0 aromatic heterocycles. The Balaban J connectivity index is 2.03. The SMILES string of the molecule is COC1CC(CC(=O)O)N(C(=O)CNc2ccccc2[N+](=O)[O-])C1. The van der Waals surface area contributed by atoms with Crippen molar-refractivity contribution in [2.24, 2.45) is 0 Å². The average molecular weight is 337 g/mol. The van der Waals surface area contributed by atoms with Gasteiger partial charge in [0, 0.05) is 25.8 Å². The molecule has 1 aliphatic heterocycles. The van der Waals surface area contributed by atoms with Gasteiger partial charge in [0.15, 0.2) is 0 Å². The maximum absolute atomic E-state index is 12.4. The van der Waals surface area contributed by atoms with Gasteiger partial charge in [-0.25, -0.2) is 0 Å². The number of rotatable bonds is 7. The number of benzene rings is 1. The van der Waals surface area contributed by atoms with Crippen molar-refractivity contribution in [1.29, 1.82) is 0 Å². The second kappa shape index (κ2) is 7.73. The molecule has 0 saturated carbocycles. The van der Waals surface area contributed by atoms with E-state index < -0.39 is 16.9 Å². The van der Waals surface area contributed by atoms with Crippen LogP contribution in [0.3, 0.4) is 0 Å². The summed E-state index contributed by atoms with van der Waals surface area (Å²) in [6.07, 6.45) is 0.0984. The number of para-hydroxylation sites is 2. The lowest BCUT2D eigenvalue weighted by Gasteiger charge is -2.23. The molecule has 2 N–H and O–H groups in total. The Kier molecular flexibility index (Phi) is 5.69. The number of methoxy groups -OCH3 is 1. The van der Waals surface area contributed by atoms with Crippen LogP contribution in [0.25, 0.3) is 0 Å². The number of likely N-dealkylation sites (tertiary alicyclic amines) is 1. The molecule has 1 amide bonds.